The summed E-state index contributed by atoms with van der Waals surface area (Å²) in [5.41, 5.74) is 0.231. The monoisotopic (exact) mass is 153 g/mol. The lowest BCUT2D eigenvalue weighted by Crippen LogP contribution is -2.04. The minimum absolute atomic E-state index is 0.231. The van der Waals surface area contributed by atoms with Crippen LogP contribution < -0.4 is 0 Å². The Labute approximate surface area is 64.8 Å². The molecule has 0 aliphatic rings. The molecular formula is C7H9N2O2. The standard InChI is InChI=1S/C7H9N2O2/c1-3-11-7(10)6-4-9(2)5-8-6/h5H,3H2,1-2H3. The van der Waals surface area contributed by atoms with E-state index in [1.807, 2.05) is 0 Å². The van der Waals surface area contributed by atoms with Crippen LogP contribution in [0.5, 0.6) is 0 Å². The molecule has 1 radical (unpaired) electrons. The van der Waals surface area contributed by atoms with E-state index in [4.69, 9.17) is 4.74 Å². The number of hydrogen-bond acceptors (Lipinski definition) is 3. The molecule has 11 heavy (non-hydrogen) atoms. The number of aromatic nitrogens is 2. The van der Waals surface area contributed by atoms with Crippen molar-refractivity contribution >= 4 is 5.97 Å². The zero-order valence-electron chi connectivity index (χ0n) is 6.50. The minimum atomic E-state index is -0.423. The topological polar surface area (TPSA) is 44.1 Å². The minimum Gasteiger partial charge on any atom is -0.461 e. The molecule has 0 bridgehead atoms. The predicted octanol–water partition coefficient (Wildman–Crippen LogP) is 0.397. The summed E-state index contributed by atoms with van der Waals surface area (Å²) >= 11 is 0. The Morgan fingerprint density at radius 2 is 2.64 bits per heavy atom. The van der Waals surface area contributed by atoms with Crippen LogP contribution in [0.2, 0.25) is 0 Å². The average Bonchev–Trinajstić information content (AvgIpc) is 2.36. The van der Waals surface area contributed by atoms with Gasteiger partial charge in [0.05, 0.1) is 12.9 Å². The summed E-state index contributed by atoms with van der Waals surface area (Å²) in [7, 11) is 1.75. The summed E-state index contributed by atoms with van der Waals surface area (Å²) in [6.45, 7) is 2.12. The number of ether oxygens (including phenoxy) is 1. The number of aryl methyl sites for hydroxylation is 1. The van der Waals surface area contributed by atoms with E-state index in [9.17, 15) is 4.79 Å². The maximum Gasteiger partial charge on any atom is 0.359 e. The quantitative estimate of drug-likeness (QED) is 0.577. The van der Waals surface area contributed by atoms with Crippen molar-refractivity contribution in [1.82, 2.24) is 9.55 Å². The third-order valence-corrected chi connectivity index (χ3v) is 1.11. The second-order valence-electron chi connectivity index (χ2n) is 2.04. The maximum absolute atomic E-state index is 10.9. The summed E-state index contributed by atoms with van der Waals surface area (Å²) in [5, 5.41) is 0. The molecule has 1 heterocycles. The molecule has 4 heteroatoms. The molecule has 1 rings (SSSR count). The number of hydrogen-bond donors (Lipinski definition) is 0. The lowest BCUT2D eigenvalue weighted by atomic mass is 10.5. The normalized spacial score (nSPS) is 9.64. The van der Waals surface area contributed by atoms with Gasteiger partial charge >= 0.3 is 5.97 Å². The molecule has 0 saturated heterocycles. The summed E-state index contributed by atoms with van der Waals surface area (Å²) in [5.74, 6) is -0.423. The van der Waals surface area contributed by atoms with E-state index in [-0.39, 0.29) is 5.69 Å². The van der Waals surface area contributed by atoms with Crippen LogP contribution in [-0.4, -0.2) is 22.1 Å². The first-order valence-electron chi connectivity index (χ1n) is 3.31. The molecule has 1 aromatic heterocycles. The summed E-state index contributed by atoms with van der Waals surface area (Å²) < 4.78 is 6.27. The molecule has 0 spiro atoms. The average molecular weight is 153 g/mol. The lowest BCUT2D eigenvalue weighted by molar-refractivity contribution is 0.0519. The molecule has 59 valence electrons. The van der Waals surface area contributed by atoms with Crippen molar-refractivity contribution in [2.45, 2.75) is 6.92 Å². The van der Waals surface area contributed by atoms with Crippen molar-refractivity contribution in [3.8, 4) is 0 Å². The molecule has 4 nitrogen and oxygen atoms in total. The van der Waals surface area contributed by atoms with Gasteiger partial charge in [-0.2, -0.15) is 0 Å². The van der Waals surface area contributed by atoms with Gasteiger partial charge in [0.15, 0.2) is 5.69 Å². The molecule has 0 N–H and O–H groups in total. The van der Waals surface area contributed by atoms with E-state index in [0.29, 0.717) is 6.61 Å². The lowest BCUT2D eigenvalue weighted by Gasteiger charge is -1.94. The van der Waals surface area contributed by atoms with Crippen LogP contribution in [0, 0.1) is 6.20 Å². The van der Waals surface area contributed by atoms with Crippen LogP contribution in [0.1, 0.15) is 17.4 Å². The van der Waals surface area contributed by atoms with Gasteiger partial charge < -0.3 is 9.30 Å². The highest BCUT2D eigenvalue weighted by Crippen LogP contribution is 1.95. The number of nitrogens with zero attached hydrogens (tertiary/aromatic N) is 2. The highest BCUT2D eigenvalue weighted by atomic mass is 16.5. The van der Waals surface area contributed by atoms with Crippen LogP contribution in [0.4, 0.5) is 0 Å². The van der Waals surface area contributed by atoms with E-state index in [1.165, 1.54) is 6.33 Å². The van der Waals surface area contributed by atoms with Crippen LogP contribution >= 0.6 is 0 Å². The van der Waals surface area contributed by atoms with Crippen LogP contribution in [0.3, 0.4) is 0 Å². The Morgan fingerprint density at radius 1 is 1.91 bits per heavy atom. The first-order chi connectivity index (χ1) is 5.24. The molecule has 0 saturated carbocycles. The zero-order chi connectivity index (χ0) is 8.27. The fourth-order valence-electron chi connectivity index (χ4n) is 0.667. The van der Waals surface area contributed by atoms with E-state index in [0.717, 1.165) is 0 Å². The Bertz CT molecular complexity index is 255. The Balaban J connectivity index is 2.69. The smallest absolute Gasteiger partial charge is 0.359 e. The highest BCUT2D eigenvalue weighted by Gasteiger charge is 2.08. The molecule has 0 unspecified atom stereocenters. The van der Waals surface area contributed by atoms with E-state index < -0.39 is 5.97 Å². The number of imidazole rings is 1. The van der Waals surface area contributed by atoms with E-state index >= 15 is 0 Å². The molecule has 0 atom stereocenters. The van der Waals surface area contributed by atoms with E-state index in [2.05, 4.69) is 11.2 Å². The van der Waals surface area contributed by atoms with Crippen LogP contribution in [0.25, 0.3) is 0 Å². The van der Waals surface area contributed by atoms with Gasteiger partial charge in [0.1, 0.15) is 6.20 Å². The number of carbonyl (C=O) groups is 1. The van der Waals surface area contributed by atoms with Gasteiger partial charge in [0.25, 0.3) is 0 Å². The molecule has 0 amide bonds. The largest absolute Gasteiger partial charge is 0.461 e. The molecule has 0 aliphatic heterocycles. The van der Waals surface area contributed by atoms with Crippen LogP contribution in [0.15, 0.2) is 6.33 Å². The van der Waals surface area contributed by atoms with Crippen molar-refractivity contribution < 1.29 is 9.53 Å². The van der Waals surface area contributed by atoms with Gasteiger partial charge in [-0.25, -0.2) is 9.78 Å². The van der Waals surface area contributed by atoms with Crippen molar-refractivity contribution in [3.63, 3.8) is 0 Å². The SMILES string of the molecule is CCOC(=O)c1[c]n(C)cn1. The fourth-order valence-corrected chi connectivity index (χ4v) is 0.667. The van der Waals surface area contributed by atoms with Crippen LogP contribution in [-0.2, 0) is 11.8 Å². The second-order valence-corrected chi connectivity index (χ2v) is 2.04. The van der Waals surface area contributed by atoms with Gasteiger partial charge in [0, 0.05) is 7.05 Å². The Morgan fingerprint density at radius 3 is 3.09 bits per heavy atom. The fraction of sp³-hybridized carbons (Fsp3) is 0.429. The van der Waals surface area contributed by atoms with Gasteiger partial charge in [-0.05, 0) is 6.92 Å². The van der Waals surface area contributed by atoms with Gasteiger partial charge in [-0.1, -0.05) is 0 Å². The second kappa shape index (κ2) is 3.18. The van der Waals surface area contributed by atoms with Gasteiger partial charge in [0.2, 0.25) is 0 Å². The predicted molar refractivity (Wildman–Crippen MR) is 38.0 cm³/mol. The molecule has 0 aromatic carbocycles. The van der Waals surface area contributed by atoms with Gasteiger partial charge in [-0.3, -0.25) is 0 Å². The summed E-state index contributed by atoms with van der Waals surface area (Å²) in [6, 6.07) is 0. The Kier molecular flexibility index (Phi) is 2.25. The van der Waals surface area contributed by atoms with Crippen molar-refractivity contribution in [1.29, 1.82) is 0 Å². The molecular weight excluding hydrogens is 144 g/mol. The Hall–Kier alpha value is -1.32. The molecule has 1 aromatic rings. The third kappa shape index (κ3) is 1.80. The summed E-state index contributed by atoms with van der Waals surface area (Å²) in [4.78, 5) is 14.7. The molecule has 0 aliphatic carbocycles. The number of rotatable bonds is 2. The zero-order valence-corrected chi connectivity index (χ0v) is 6.50. The van der Waals surface area contributed by atoms with Crippen molar-refractivity contribution in [2.24, 2.45) is 7.05 Å². The summed E-state index contributed by atoms with van der Waals surface area (Å²) in [6.07, 6.45) is 4.20. The first-order valence-corrected chi connectivity index (χ1v) is 3.31. The van der Waals surface area contributed by atoms with Gasteiger partial charge in [-0.15, -0.1) is 0 Å². The number of esters is 1. The highest BCUT2D eigenvalue weighted by molar-refractivity contribution is 5.86. The number of carbonyl (C=O) groups excluding carboxylic acids is 1. The first kappa shape index (κ1) is 7.78. The van der Waals surface area contributed by atoms with E-state index in [1.54, 1.807) is 18.5 Å². The van der Waals surface area contributed by atoms with Crippen molar-refractivity contribution in [3.05, 3.63) is 18.2 Å². The third-order valence-electron chi connectivity index (χ3n) is 1.11. The maximum atomic E-state index is 10.9. The molecule has 0 fully saturated rings. The van der Waals surface area contributed by atoms with Crippen molar-refractivity contribution in [2.75, 3.05) is 6.61 Å².